The molecule has 0 spiro atoms. The van der Waals surface area contributed by atoms with Crippen LogP contribution in [0.4, 0.5) is 0 Å². The number of hydrogen-bond acceptors (Lipinski definition) is 3. The van der Waals surface area contributed by atoms with Crippen molar-refractivity contribution in [3.05, 3.63) is 24.0 Å². The zero-order valence-electron chi connectivity index (χ0n) is 8.05. The first-order valence-electron chi connectivity index (χ1n) is 4.58. The van der Waals surface area contributed by atoms with Gasteiger partial charge in [0.1, 0.15) is 11.8 Å². The van der Waals surface area contributed by atoms with Crippen molar-refractivity contribution >= 4 is 5.97 Å². The van der Waals surface area contributed by atoms with Gasteiger partial charge < -0.3 is 15.9 Å². The van der Waals surface area contributed by atoms with Gasteiger partial charge in [-0.25, -0.2) is 0 Å². The van der Waals surface area contributed by atoms with Crippen LogP contribution >= 0.6 is 0 Å². The number of allylic oxidation sites excluding steroid dienone is 3. The summed E-state index contributed by atoms with van der Waals surface area (Å²) in [7, 11) is 0. The molecule has 3 unspecified atom stereocenters. The van der Waals surface area contributed by atoms with Gasteiger partial charge in [0, 0.05) is 0 Å². The quantitative estimate of drug-likeness (QED) is 0.631. The monoisotopic (exact) mass is 197 g/mol. The van der Waals surface area contributed by atoms with Crippen LogP contribution in [0, 0.1) is 11.8 Å². The third-order valence-corrected chi connectivity index (χ3v) is 2.47. The summed E-state index contributed by atoms with van der Waals surface area (Å²) in [5.74, 6) is -0.524. The summed E-state index contributed by atoms with van der Waals surface area (Å²) < 4.78 is 0. The number of hydrogen-bond donors (Lipinski definition) is 3. The van der Waals surface area contributed by atoms with Gasteiger partial charge >= 0.3 is 5.97 Å². The van der Waals surface area contributed by atoms with E-state index in [1.165, 1.54) is 0 Å². The van der Waals surface area contributed by atoms with E-state index < -0.39 is 12.0 Å². The Bertz CT molecular complexity index is 283. The van der Waals surface area contributed by atoms with Crippen molar-refractivity contribution in [1.29, 1.82) is 0 Å². The van der Waals surface area contributed by atoms with E-state index in [0.717, 1.165) is 0 Å². The summed E-state index contributed by atoms with van der Waals surface area (Å²) in [6.45, 7) is 1.93. The summed E-state index contributed by atoms with van der Waals surface area (Å²) in [6, 6.07) is -0.833. The minimum Gasteiger partial charge on any atom is -0.508 e. The number of nitrogens with two attached hydrogens (primary N) is 1. The lowest BCUT2D eigenvalue weighted by molar-refractivity contribution is -0.138. The van der Waals surface area contributed by atoms with Crippen molar-refractivity contribution in [3.63, 3.8) is 0 Å². The molecule has 0 aromatic rings. The second-order valence-corrected chi connectivity index (χ2v) is 3.65. The fraction of sp³-hybridized carbons (Fsp3) is 0.500. The van der Waals surface area contributed by atoms with Crippen LogP contribution in [-0.4, -0.2) is 22.2 Å². The molecule has 78 valence electrons. The fourth-order valence-corrected chi connectivity index (χ4v) is 1.53. The van der Waals surface area contributed by atoms with Gasteiger partial charge in [-0.05, 0) is 30.4 Å². The van der Waals surface area contributed by atoms with Crippen LogP contribution in [0.25, 0.3) is 0 Å². The Morgan fingerprint density at radius 3 is 2.86 bits per heavy atom. The molecule has 4 N–H and O–H groups in total. The van der Waals surface area contributed by atoms with E-state index in [9.17, 15) is 4.79 Å². The van der Waals surface area contributed by atoms with E-state index >= 15 is 0 Å². The molecule has 0 aromatic heterocycles. The van der Waals surface area contributed by atoms with Crippen LogP contribution in [0.5, 0.6) is 0 Å². The maximum atomic E-state index is 10.5. The summed E-state index contributed by atoms with van der Waals surface area (Å²) in [5, 5.41) is 17.8. The molecule has 4 heteroatoms. The Morgan fingerprint density at radius 1 is 1.71 bits per heavy atom. The fourth-order valence-electron chi connectivity index (χ4n) is 1.53. The maximum Gasteiger partial charge on any atom is 0.320 e. The number of aliphatic carboxylic acids is 1. The van der Waals surface area contributed by atoms with Gasteiger partial charge in [-0.1, -0.05) is 13.0 Å². The number of carboxylic acids is 1. The first-order valence-corrected chi connectivity index (χ1v) is 4.58. The van der Waals surface area contributed by atoms with Gasteiger partial charge in [-0.15, -0.1) is 0 Å². The lowest BCUT2D eigenvalue weighted by atomic mass is 9.85. The van der Waals surface area contributed by atoms with E-state index in [-0.39, 0.29) is 17.6 Å². The molecule has 0 heterocycles. The standard InChI is InChI=1S/C10H15NO3/c1-6-4-8(12)3-2-7(6)5-9(11)10(13)14/h2-4,6-7,9,12H,5,11H2,1H3,(H,13,14). The molecule has 0 radical (unpaired) electrons. The molecule has 0 saturated heterocycles. The Morgan fingerprint density at radius 2 is 2.36 bits per heavy atom. The molecule has 1 aliphatic carbocycles. The zero-order valence-corrected chi connectivity index (χ0v) is 8.05. The van der Waals surface area contributed by atoms with Gasteiger partial charge in [0.2, 0.25) is 0 Å². The molecule has 14 heavy (non-hydrogen) atoms. The third-order valence-electron chi connectivity index (χ3n) is 2.47. The lowest BCUT2D eigenvalue weighted by Gasteiger charge is -2.22. The van der Waals surface area contributed by atoms with Crippen LogP contribution in [0.1, 0.15) is 13.3 Å². The smallest absolute Gasteiger partial charge is 0.320 e. The average molecular weight is 197 g/mol. The van der Waals surface area contributed by atoms with Gasteiger partial charge in [0.05, 0.1) is 0 Å². The molecule has 3 atom stereocenters. The predicted molar refractivity (Wildman–Crippen MR) is 52.7 cm³/mol. The molecule has 0 aliphatic heterocycles. The minimum absolute atomic E-state index is 0.0944. The number of carbonyl (C=O) groups is 1. The highest BCUT2D eigenvalue weighted by Crippen LogP contribution is 2.25. The minimum atomic E-state index is -0.982. The zero-order chi connectivity index (χ0) is 10.7. The van der Waals surface area contributed by atoms with Crippen molar-refractivity contribution in [1.82, 2.24) is 0 Å². The third kappa shape index (κ3) is 2.60. The van der Waals surface area contributed by atoms with Crippen molar-refractivity contribution < 1.29 is 15.0 Å². The molecule has 0 fully saturated rings. The summed E-state index contributed by atoms with van der Waals surface area (Å²) in [5.41, 5.74) is 5.43. The van der Waals surface area contributed by atoms with Crippen molar-refractivity contribution in [2.24, 2.45) is 17.6 Å². The van der Waals surface area contributed by atoms with Crippen LogP contribution in [-0.2, 0) is 4.79 Å². The number of rotatable bonds is 3. The summed E-state index contributed by atoms with van der Waals surface area (Å²) in [6.07, 6.45) is 5.50. The van der Waals surface area contributed by atoms with Crippen molar-refractivity contribution in [3.8, 4) is 0 Å². The molecular weight excluding hydrogens is 182 g/mol. The second kappa shape index (κ2) is 4.28. The Hall–Kier alpha value is -1.29. The highest BCUT2D eigenvalue weighted by molar-refractivity contribution is 5.73. The van der Waals surface area contributed by atoms with E-state index in [4.69, 9.17) is 15.9 Å². The number of aliphatic hydroxyl groups excluding tert-OH is 1. The van der Waals surface area contributed by atoms with Crippen LogP contribution in [0.3, 0.4) is 0 Å². The molecular formula is C10H15NO3. The molecule has 0 amide bonds. The highest BCUT2D eigenvalue weighted by atomic mass is 16.4. The maximum absolute atomic E-state index is 10.5. The van der Waals surface area contributed by atoms with Crippen LogP contribution in [0.15, 0.2) is 24.0 Å². The van der Waals surface area contributed by atoms with Crippen molar-refractivity contribution in [2.75, 3.05) is 0 Å². The second-order valence-electron chi connectivity index (χ2n) is 3.65. The topological polar surface area (TPSA) is 83.5 Å². The molecule has 0 bridgehead atoms. The first-order chi connectivity index (χ1) is 6.50. The van der Waals surface area contributed by atoms with Gasteiger partial charge in [-0.2, -0.15) is 0 Å². The number of carboxylic acid groups (broad SMARTS) is 1. The van der Waals surface area contributed by atoms with E-state index in [0.29, 0.717) is 6.42 Å². The van der Waals surface area contributed by atoms with Gasteiger partial charge in [0.15, 0.2) is 0 Å². The molecule has 0 saturated carbocycles. The SMILES string of the molecule is CC1C=C(O)C=CC1CC(N)C(=O)O. The predicted octanol–water partition coefficient (Wildman–Crippen LogP) is 1.05. The van der Waals surface area contributed by atoms with Gasteiger partial charge in [0.25, 0.3) is 0 Å². The molecule has 4 nitrogen and oxygen atoms in total. The molecule has 1 rings (SSSR count). The Labute approximate surface area is 82.7 Å². The Balaban J connectivity index is 2.56. The first kappa shape index (κ1) is 10.8. The molecule has 1 aliphatic rings. The summed E-state index contributed by atoms with van der Waals surface area (Å²) >= 11 is 0. The summed E-state index contributed by atoms with van der Waals surface area (Å²) in [4.78, 5) is 10.5. The largest absolute Gasteiger partial charge is 0.508 e. The van der Waals surface area contributed by atoms with Gasteiger partial charge in [-0.3, -0.25) is 4.79 Å². The van der Waals surface area contributed by atoms with Crippen LogP contribution in [0.2, 0.25) is 0 Å². The molecule has 0 aromatic carbocycles. The van der Waals surface area contributed by atoms with Crippen LogP contribution < -0.4 is 5.73 Å². The average Bonchev–Trinajstić information content (AvgIpc) is 2.09. The number of aliphatic hydroxyl groups is 1. The van der Waals surface area contributed by atoms with E-state index in [2.05, 4.69) is 0 Å². The van der Waals surface area contributed by atoms with Crippen molar-refractivity contribution in [2.45, 2.75) is 19.4 Å². The lowest BCUT2D eigenvalue weighted by Crippen LogP contribution is -2.33. The van der Waals surface area contributed by atoms with E-state index in [1.807, 2.05) is 13.0 Å². The Kier molecular flexibility index (Phi) is 3.30. The normalized spacial score (nSPS) is 28.3. The van der Waals surface area contributed by atoms with E-state index in [1.54, 1.807) is 12.2 Å². The highest BCUT2D eigenvalue weighted by Gasteiger charge is 2.22.